The average Bonchev–Trinajstić information content (AvgIpc) is 3.12. The van der Waals surface area contributed by atoms with E-state index in [4.69, 9.17) is 0 Å². The van der Waals surface area contributed by atoms with Crippen molar-refractivity contribution in [1.82, 2.24) is 20.1 Å². The minimum Gasteiger partial charge on any atom is -0.468 e. The van der Waals surface area contributed by atoms with Gasteiger partial charge in [0.05, 0.1) is 25.4 Å². The number of hydrogen-bond donors (Lipinski definition) is 2. The second-order valence-corrected chi connectivity index (χ2v) is 6.46. The molecule has 0 aliphatic rings. The molecule has 1 aromatic carbocycles. The summed E-state index contributed by atoms with van der Waals surface area (Å²) in [6.07, 6.45) is 3.81. The van der Waals surface area contributed by atoms with Crippen molar-refractivity contribution in [1.29, 1.82) is 0 Å². The van der Waals surface area contributed by atoms with Crippen LogP contribution in [0.1, 0.15) is 5.56 Å². The Morgan fingerprint density at radius 1 is 1.10 bits per heavy atom. The van der Waals surface area contributed by atoms with Gasteiger partial charge in [-0.1, -0.05) is 30.3 Å². The fourth-order valence-corrected chi connectivity index (χ4v) is 2.85. The lowest BCUT2D eigenvalue weighted by atomic mass is 10.1. The number of nitrogens with zero attached hydrogens (tertiary/aromatic N) is 3. The Balaban J connectivity index is 0.00000240. The highest BCUT2D eigenvalue weighted by atomic mass is 35.5. The van der Waals surface area contributed by atoms with E-state index >= 15 is 0 Å². The van der Waals surface area contributed by atoms with Gasteiger partial charge in [-0.2, -0.15) is 5.10 Å². The van der Waals surface area contributed by atoms with Gasteiger partial charge in [-0.15, -0.1) is 24.8 Å². The van der Waals surface area contributed by atoms with Crippen LogP contribution in [0.25, 0.3) is 11.3 Å². The number of amides is 1. The van der Waals surface area contributed by atoms with Crippen molar-refractivity contribution in [2.45, 2.75) is 12.5 Å². The van der Waals surface area contributed by atoms with E-state index in [0.29, 0.717) is 12.2 Å². The van der Waals surface area contributed by atoms with Gasteiger partial charge in [-0.3, -0.25) is 24.6 Å². The molecule has 3 aromatic rings. The van der Waals surface area contributed by atoms with Crippen molar-refractivity contribution >= 4 is 42.5 Å². The van der Waals surface area contributed by atoms with E-state index < -0.39 is 12.0 Å². The molecule has 3 rings (SSSR count). The van der Waals surface area contributed by atoms with E-state index in [1.807, 2.05) is 42.5 Å². The first-order valence-electron chi connectivity index (χ1n) is 9.16. The number of halogens is 2. The Morgan fingerprint density at radius 3 is 2.42 bits per heavy atom. The monoisotopic (exact) mass is 465 g/mol. The number of ether oxygens (including phenoxy) is 1. The maximum Gasteiger partial charge on any atom is 0.319 e. The van der Waals surface area contributed by atoms with Crippen molar-refractivity contribution in [3.63, 3.8) is 0 Å². The smallest absolute Gasteiger partial charge is 0.319 e. The summed E-state index contributed by atoms with van der Waals surface area (Å²) in [5.74, 6) is -0.141. The molecule has 0 fully saturated rings. The van der Waals surface area contributed by atoms with Crippen molar-refractivity contribution in [3.8, 4) is 11.3 Å². The third-order valence-electron chi connectivity index (χ3n) is 4.43. The molecule has 2 N–H and O–H groups in total. The number of anilines is 1. The first-order valence-corrected chi connectivity index (χ1v) is 9.16. The number of pyridine rings is 1. The quantitative estimate of drug-likeness (QED) is 0.496. The summed E-state index contributed by atoms with van der Waals surface area (Å²) in [7, 11) is 3.07. The lowest BCUT2D eigenvalue weighted by Gasteiger charge is -2.18. The van der Waals surface area contributed by atoms with Crippen molar-refractivity contribution in [3.05, 3.63) is 66.5 Å². The number of nitrogens with one attached hydrogen (secondary N) is 2. The first-order chi connectivity index (χ1) is 14.1. The number of aromatic nitrogens is 3. The second-order valence-electron chi connectivity index (χ2n) is 6.46. The van der Waals surface area contributed by atoms with E-state index in [1.165, 1.54) is 7.11 Å². The predicted molar refractivity (Wildman–Crippen MR) is 124 cm³/mol. The molecular weight excluding hydrogens is 441 g/mol. The molecule has 0 aliphatic carbocycles. The van der Waals surface area contributed by atoms with Gasteiger partial charge in [-0.25, -0.2) is 0 Å². The standard InChI is InChI=1S/C21H23N5O3.2ClH/c1-26-19(13-17(25-26)16-8-10-22-11-9-16)24-21(28)18(23-14-20(27)29-2)12-15-6-4-3-5-7-15;;/h3-11,13,18,23H,12,14H2,1-2H3,(H,24,28);2*1H. The number of aryl methyl sites for hydroxylation is 1. The maximum absolute atomic E-state index is 12.9. The fourth-order valence-electron chi connectivity index (χ4n) is 2.85. The van der Waals surface area contributed by atoms with Crippen LogP contribution in [0.4, 0.5) is 5.82 Å². The summed E-state index contributed by atoms with van der Waals surface area (Å²) in [5, 5.41) is 10.3. The Morgan fingerprint density at radius 2 is 1.77 bits per heavy atom. The molecule has 0 aliphatic heterocycles. The molecule has 8 nitrogen and oxygen atoms in total. The minimum absolute atomic E-state index is 0. The van der Waals surface area contributed by atoms with E-state index in [1.54, 1.807) is 30.2 Å². The summed E-state index contributed by atoms with van der Waals surface area (Å²) < 4.78 is 6.27. The summed E-state index contributed by atoms with van der Waals surface area (Å²) in [6, 6.07) is 14.5. The zero-order valence-corrected chi connectivity index (χ0v) is 18.8. The van der Waals surface area contributed by atoms with Gasteiger partial charge in [-0.05, 0) is 24.1 Å². The van der Waals surface area contributed by atoms with E-state index in [2.05, 4.69) is 25.5 Å². The van der Waals surface area contributed by atoms with Gasteiger partial charge in [0.25, 0.3) is 0 Å². The molecule has 31 heavy (non-hydrogen) atoms. The highest BCUT2D eigenvalue weighted by Gasteiger charge is 2.21. The molecule has 2 heterocycles. The molecule has 166 valence electrons. The zero-order chi connectivity index (χ0) is 20.6. The van der Waals surface area contributed by atoms with Crippen LogP contribution >= 0.6 is 24.8 Å². The van der Waals surface area contributed by atoms with Crippen molar-refractivity contribution in [2.75, 3.05) is 19.0 Å². The Bertz CT molecular complexity index is 968. The summed E-state index contributed by atoms with van der Waals surface area (Å²) >= 11 is 0. The van der Waals surface area contributed by atoms with Crippen LogP contribution in [-0.4, -0.2) is 46.3 Å². The Hall–Kier alpha value is -2.94. The number of carbonyl (C=O) groups excluding carboxylic acids is 2. The molecule has 1 unspecified atom stereocenters. The van der Waals surface area contributed by atoms with Crippen LogP contribution < -0.4 is 10.6 Å². The third kappa shape index (κ3) is 7.36. The van der Waals surface area contributed by atoms with Crippen molar-refractivity contribution in [2.24, 2.45) is 7.05 Å². The molecule has 0 saturated heterocycles. The average molecular weight is 466 g/mol. The van der Waals surface area contributed by atoms with Crippen LogP contribution in [0.3, 0.4) is 0 Å². The third-order valence-corrected chi connectivity index (χ3v) is 4.43. The molecular formula is C21H25Cl2N5O3. The van der Waals surface area contributed by atoms with Gasteiger partial charge in [0.15, 0.2) is 0 Å². The molecule has 0 radical (unpaired) electrons. The lowest BCUT2D eigenvalue weighted by Crippen LogP contribution is -2.44. The molecule has 0 bridgehead atoms. The number of esters is 1. The maximum atomic E-state index is 12.9. The first kappa shape index (κ1) is 26.1. The lowest BCUT2D eigenvalue weighted by molar-refractivity contribution is -0.139. The van der Waals surface area contributed by atoms with Crippen LogP contribution in [0.15, 0.2) is 60.9 Å². The van der Waals surface area contributed by atoms with E-state index in [9.17, 15) is 9.59 Å². The van der Waals surface area contributed by atoms with E-state index in [-0.39, 0.29) is 37.3 Å². The predicted octanol–water partition coefficient (Wildman–Crippen LogP) is 2.64. The van der Waals surface area contributed by atoms with Gasteiger partial charge in [0, 0.05) is 31.1 Å². The second kappa shape index (κ2) is 12.7. The van der Waals surface area contributed by atoms with Crippen LogP contribution in [0.2, 0.25) is 0 Å². The summed E-state index contributed by atoms with van der Waals surface area (Å²) in [5.41, 5.74) is 2.61. The van der Waals surface area contributed by atoms with Gasteiger partial charge in [0.1, 0.15) is 5.82 Å². The van der Waals surface area contributed by atoms with Crippen LogP contribution in [0, 0.1) is 0 Å². The Kier molecular flexibility index (Phi) is 10.7. The number of carbonyl (C=O) groups is 2. The zero-order valence-electron chi connectivity index (χ0n) is 17.1. The molecule has 1 amide bonds. The van der Waals surface area contributed by atoms with Crippen LogP contribution in [0.5, 0.6) is 0 Å². The Labute approximate surface area is 193 Å². The van der Waals surface area contributed by atoms with Crippen LogP contribution in [-0.2, 0) is 27.8 Å². The van der Waals surface area contributed by atoms with Gasteiger partial charge >= 0.3 is 5.97 Å². The number of methoxy groups -OCH3 is 1. The van der Waals surface area contributed by atoms with E-state index in [0.717, 1.165) is 16.8 Å². The number of benzene rings is 1. The summed E-state index contributed by atoms with van der Waals surface area (Å²) in [4.78, 5) is 28.5. The number of rotatable bonds is 8. The summed E-state index contributed by atoms with van der Waals surface area (Å²) in [6.45, 7) is -0.0604. The number of hydrogen-bond acceptors (Lipinski definition) is 6. The minimum atomic E-state index is -0.615. The normalized spacial score (nSPS) is 10.9. The molecule has 0 saturated carbocycles. The molecule has 0 spiro atoms. The molecule has 1 atom stereocenters. The van der Waals surface area contributed by atoms with Gasteiger partial charge < -0.3 is 10.1 Å². The molecule has 2 aromatic heterocycles. The highest BCUT2D eigenvalue weighted by Crippen LogP contribution is 2.20. The highest BCUT2D eigenvalue weighted by molar-refractivity contribution is 5.95. The topological polar surface area (TPSA) is 98.1 Å². The molecule has 10 heteroatoms. The van der Waals surface area contributed by atoms with Gasteiger partial charge in [0.2, 0.25) is 5.91 Å². The fraction of sp³-hybridized carbons (Fsp3) is 0.238. The van der Waals surface area contributed by atoms with Crippen molar-refractivity contribution < 1.29 is 14.3 Å². The SMILES string of the molecule is COC(=O)CNC(Cc1ccccc1)C(=O)Nc1cc(-c2ccncc2)nn1C.Cl.Cl. The largest absolute Gasteiger partial charge is 0.468 e.